The van der Waals surface area contributed by atoms with Crippen molar-refractivity contribution < 1.29 is 9.23 Å². The number of nitrogens with one attached hydrogen (secondary N) is 1. The summed E-state index contributed by atoms with van der Waals surface area (Å²) in [6.07, 6.45) is -0.787. The van der Waals surface area contributed by atoms with Gasteiger partial charge in [0.2, 0.25) is 0 Å². The lowest BCUT2D eigenvalue weighted by Gasteiger charge is -1.82. The van der Waals surface area contributed by atoms with E-state index in [1.165, 1.54) is 0 Å². The molecule has 0 saturated carbocycles. The molecule has 1 N–H and O–H groups in total. The van der Waals surface area contributed by atoms with Crippen LogP contribution in [0.4, 0.5) is 4.39 Å². The SMILES string of the molecule is Cl.FC1CNOC1. The lowest BCUT2D eigenvalue weighted by molar-refractivity contribution is 0.0933. The van der Waals surface area contributed by atoms with Crippen LogP contribution in [0.2, 0.25) is 0 Å². The standard InChI is InChI=1S/C3H6FNO.ClH/c4-3-1-5-6-2-3;/h3,5H,1-2H2;1H. The molecule has 0 aliphatic carbocycles. The zero-order chi connectivity index (χ0) is 4.41. The van der Waals surface area contributed by atoms with E-state index in [0.717, 1.165) is 0 Å². The zero-order valence-electron chi connectivity index (χ0n) is 3.69. The van der Waals surface area contributed by atoms with Crippen LogP contribution in [-0.2, 0) is 4.84 Å². The molecule has 1 rings (SSSR count). The number of halogens is 2. The van der Waals surface area contributed by atoms with E-state index in [0.29, 0.717) is 6.54 Å². The van der Waals surface area contributed by atoms with Gasteiger partial charge in [0.1, 0.15) is 12.8 Å². The van der Waals surface area contributed by atoms with Crippen molar-refractivity contribution in [3.8, 4) is 0 Å². The maximum absolute atomic E-state index is 11.7. The average Bonchev–Trinajstić information content (AvgIpc) is 1.86. The molecule has 0 amide bonds. The first-order valence-electron chi connectivity index (χ1n) is 1.88. The summed E-state index contributed by atoms with van der Waals surface area (Å²) >= 11 is 0. The lowest BCUT2D eigenvalue weighted by Crippen LogP contribution is -2.07. The van der Waals surface area contributed by atoms with Crippen LogP contribution in [0, 0.1) is 0 Å². The Morgan fingerprint density at radius 3 is 2.57 bits per heavy atom. The van der Waals surface area contributed by atoms with Crippen LogP contribution in [0.3, 0.4) is 0 Å². The van der Waals surface area contributed by atoms with Crippen LogP contribution in [0.5, 0.6) is 0 Å². The fourth-order valence-corrected chi connectivity index (χ4v) is 0.358. The summed E-state index contributed by atoms with van der Waals surface area (Å²) in [6.45, 7) is 0.556. The summed E-state index contributed by atoms with van der Waals surface area (Å²) in [7, 11) is 0. The fraction of sp³-hybridized carbons (Fsp3) is 1.00. The van der Waals surface area contributed by atoms with Gasteiger partial charge in [0.25, 0.3) is 0 Å². The van der Waals surface area contributed by atoms with Gasteiger partial charge in [0, 0.05) is 0 Å². The van der Waals surface area contributed by atoms with Crippen molar-refractivity contribution >= 4 is 12.4 Å². The zero-order valence-corrected chi connectivity index (χ0v) is 4.50. The van der Waals surface area contributed by atoms with Crippen molar-refractivity contribution in [1.82, 2.24) is 5.48 Å². The number of rotatable bonds is 0. The van der Waals surface area contributed by atoms with Gasteiger partial charge in [-0.1, -0.05) is 0 Å². The molecule has 1 fully saturated rings. The minimum absolute atomic E-state index is 0. The summed E-state index contributed by atoms with van der Waals surface area (Å²) in [5.41, 5.74) is 2.40. The van der Waals surface area contributed by atoms with E-state index in [9.17, 15) is 4.39 Å². The van der Waals surface area contributed by atoms with Gasteiger partial charge in [-0.2, -0.15) is 5.48 Å². The monoisotopic (exact) mass is 127 g/mol. The highest BCUT2D eigenvalue weighted by atomic mass is 35.5. The van der Waals surface area contributed by atoms with Crippen LogP contribution in [-0.4, -0.2) is 19.3 Å². The summed E-state index contributed by atoms with van der Waals surface area (Å²) in [5.74, 6) is 0. The molecule has 1 atom stereocenters. The molecule has 0 radical (unpaired) electrons. The Morgan fingerprint density at radius 1 is 1.71 bits per heavy atom. The first kappa shape index (κ1) is 7.14. The normalized spacial score (nSPS) is 29.6. The molecule has 0 spiro atoms. The van der Waals surface area contributed by atoms with Crippen LogP contribution < -0.4 is 5.48 Å². The maximum Gasteiger partial charge on any atom is 0.140 e. The van der Waals surface area contributed by atoms with E-state index in [1.807, 2.05) is 0 Å². The van der Waals surface area contributed by atoms with Crippen LogP contribution in [0.25, 0.3) is 0 Å². The summed E-state index contributed by atoms with van der Waals surface area (Å²) in [5, 5.41) is 0. The van der Waals surface area contributed by atoms with Gasteiger partial charge < -0.3 is 0 Å². The molecule has 0 aromatic heterocycles. The van der Waals surface area contributed by atoms with E-state index in [4.69, 9.17) is 0 Å². The Morgan fingerprint density at radius 2 is 2.43 bits per heavy atom. The van der Waals surface area contributed by atoms with Crippen molar-refractivity contribution in [3.05, 3.63) is 0 Å². The highest BCUT2D eigenvalue weighted by Crippen LogP contribution is 1.93. The van der Waals surface area contributed by atoms with Crippen molar-refractivity contribution in [1.29, 1.82) is 0 Å². The van der Waals surface area contributed by atoms with Gasteiger partial charge >= 0.3 is 0 Å². The number of hydrogen-bond donors (Lipinski definition) is 1. The second kappa shape index (κ2) is 3.18. The molecule has 7 heavy (non-hydrogen) atoms. The maximum atomic E-state index is 11.7. The van der Waals surface area contributed by atoms with Crippen molar-refractivity contribution in [2.45, 2.75) is 6.17 Å². The third-order valence-electron chi connectivity index (χ3n) is 0.671. The van der Waals surface area contributed by atoms with Crippen molar-refractivity contribution in [2.24, 2.45) is 0 Å². The van der Waals surface area contributed by atoms with E-state index in [-0.39, 0.29) is 19.0 Å². The quantitative estimate of drug-likeness (QED) is 0.505. The molecule has 44 valence electrons. The highest BCUT2D eigenvalue weighted by molar-refractivity contribution is 5.85. The number of hydrogen-bond acceptors (Lipinski definition) is 2. The smallest absolute Gasteiger partial charge is 0.140 e. The lowest BCUT2D eigenvalue weighted by atomic mass is 10.4. The van der Waals surface area contributed by atoms with E-state index in [2.05, 4.69) is 10.3 Å². The van der Waals surface area contributed by atoms with Crippen LogP contribution >= 0.6 is 12.4 Å². The Kier molecular flexibility index (Phi) is 3.25. The minimum atomic E-state index is -0.787. The molecule has 0 bridgehead atoms. The molecule has 1 saturated heterocycles. The molecule has 0 aromatic carbocycles. The average molecular weight is 128 g/mol. The summed E-state index contributed by atoms with van der Waals surface area (Å²) in [4.78, 5) is 4.43. The minimum Gasteiger partial charge on any atom is -0.299 e. The van der Waals surface area contributed by atoms with Gasteiger partial charge in [0.05, 0.1) is 6.54 Å². The largest absolute Gasteiger partial charge is 0.299 e. The van der Waals surface area contributed by atoms with Crippen molar-refractivity contribution in [3.63, 3.8) is 0 Å². The number of alkyl halides is 1. The van der Waals surface area contributed by atoms with Crippen molar-refractivity contribution in [2.75, 3.05) is 13.2 Å². The summed E-state index contributed by atoms with van der Waals surface area (Å²) < 4.78 is 11.7. The highest BCUT2D eigenvalue weighted by Gasteiger charge is 2.11. The predicted octanol–water partition coefficient (Wildman–Crippen LogP) is 0.281. The molecule has 1 aliphatic rings. The topological polar surface area (TPSA) is 21.3 Å². The first-order valence-corrected chi connectivity index (χ1v) is 1.88. The third-order valence-corrected chi connectivity index (χ3v) is 0.671. The van der Waals surface area contributed by atoms with Gasteiger partial charge in [-0.05, 0) is 0 Å². The predicted molar refractivity (Wildman–Crippen MR) is 26.1 cm³/mol. The van der Waals surface area contributed by atoms with Gasteiger partial charge in [-0.3, -0.25) is 4.84 Å². The number of hydroxylamine groups is 1. The molecule has 0 aromatic rings. The molecular formula is C3H7ClFNO. The Balaban J connectivity index is 0.000000360. The van der Waals surface area contributed by atoms with Gasteiger partial charge in [-0.25, -0.2) is 4.39 Å². The van der Waals surface area contributed by atoms with Gasteiger partial charge in [0.15, 0.2) is 0 Å². The van der Waals surface area contributed by atoms with Crippen LogP contribution in [0.1, 0.15) is 0 Å². The Labute approximate surface area is 47.4 Å². The second-order valence-corrected chi connectivity index (χ2v) is 1.26. The van der Waals surface area contributed by atoms with E-state index >= 15 is 0 Å². The molecule has 1 aliphatic heterocycles. The fourth-order valence-electron chi connectivity index (χ4n) is 0.358. The van der Waals surface area contributed by atoms with E-state index < -0.39 is 6.17 Å². The van der Waals surface area contributed by atoms with Crippen LogP contribution in [0.15, 0.2) is 0 Å². The second-order valence-electron chi connectivity index (χ2n) is 1.26. The first-order chi connectivity index (χ1) is 2.89. The molecule has 2 nitrogen and oxygen atoms in total. The van der Waals surface area contributed by atoms with E-state index in [1.54, 1.807) is 0 Å². The summed E-state index contributed by atoms with van der Waals surface area (Å²) in [6, 6.07) is 0. The molecule has 4 heteroatoms. The molecule has 1 unspecified atom stereocenters. The Bertz CT molecular complexity index is 48.2. The van der Waals surface area contributed by atoms with Gasteiger partial charge in [-0.15, -0.1) is 12.4 Å². The third kappa shape index (κ3) is 2.06. The molecule has 1 heterocycles. The molecular weight excluding hydrogens is 120 g/mol. The Hall–Kier alpha value is 0.140.